The molecule has 1 aromatic heterocycles. The van der Waals surface area contributed by atoms with Gasteiger partial charge in [-0.15, -0.1) is 0 Å². The summed E-state index contributed by atoms with van der Waals surface area (Å²) >= 11 is 0. The quantitative estimate of drug-likeness (QED) is 0.864. The molecule has 2 aromatic rings. The maximum Gasteiger partial charge on any atom is 0.412 e. The van der Waals surface area contributed by atoms with Crippen molar-refractivity contribution in [2.45, 2.75) is 13.8 Å². The van der Waals surface area contributed by atoms with Crippen LogP contribution in [0, 0.1) is 6.92 Å². The molecule has 17 heavy (non-hydrogen) atoms. The number of hydrogen-bond acceptors (Lipinski definition) is 2. The molecule has 2 rings (SSSR count). The number of aryl methyl sites for hydroxylation is 2. The molecule has 1 aromatic carbocycles. The highest BCUT2D eigenvalue weighted by Gasteiger charge is 2.11. The van der Waals surface area contributed by atoms with Crippen LogP contribution in [0.3, 0.4) is 0 Å². The fourth-order valence-electron chi connectivity index (χ4n) is 1.88. The minimum atomic E-state index is -0.418. The third kappa shape index (κ3) is 2.11. The standard InChI is InChI=1S/C13H16N2O2/c1-4-14-13(16)17-11-7-5-6-10-8-9(2)15(3)12(10)11/h5-8H,4H2,1-3H3,(H,14,16). The van der Waals surface area contributed by atoms with Crippen molar-refractivity contribution in [2.24, 2.45) is 7.05 Å². The molecule has 0 saturated carbocycles. The summed E-state index contributed by atoms with van der Waals surface area (Å²) in [6, 6.07) is 7.76. The van der Waals surface area contributed by atoms with Gasteiger partial charge in [0.1, 0.15) is 0 Å². The molecule has 0 spiro atoms. The smallest absolute Gasteiger partial charge is 0.408 e. The van der Waals surface area contributed by atoms with Crippen LogP contribution < -0.4 is 10.1 Å². The fraction of sp³-hybridized carbons (Fsp3) is 0.308. The van der Waals surface area contributed by atoms with Crippen LogP contribution in [0.4, 0.5) is 4.79 Å². The molecule has 1 N–H and O–H groups in total. The number of rotatable bonds is 2. The first-order valence-electron chi connectivity index (χ1n) is 5.64. The van der Waals surface area contributed by atoms with Crippen molar-refractivity contribution in [3.05, 3.63) is 30.0 Å². The number of para-hydroxylation sites is 1. The number of aromatic nitrogens is 1. The van der Waals surface area contributed by atoms with Crippen molar-refractivity contribution in [3.8, 4) is 5.75 Å². The lowest BCUT2D eigenvalue weighted by molar-refractivity contribution is 0.201. The first-order valence-corrected chi connectivity index (χ1v) is 5.64. The van der Waals surface area contributed by atoms with Gasteiger partial charge >= 0.3 is 6.09 Å². The number of carbonyl (C=O) groups is 1. The highest BCUT2D eigenvalue weighted by Crippen LogP contribution is 2.27. The van der Waals surface area contributed by atoms with Crippen LogP contribution in [0.25, 0.3) is 10.9 Å². The summed E-state index contributed by atoms with van der Waals surface area (Å²) in [5.74, 6) is 0.587. The van der Waals surface area contributed by atoms with Crippen molar-refractivity contribution in [1.82, 2.24) is 9.88 Å². The van der Waals surface area contributed by atoms with E-state index in [0.717, 1.165) is 16.6 Å². The fourth-order valence-corrected chi connectivity index (χ4v) is 1.88. The Balaban J connectivity index is 2.43. The van der Waals surface area contributed by atoms with E-state index >= 15 is 0 Å². The maximum atomic E-state index is 11.4. The van der Waals surface area contributed by atoms with Crippen molar-refractivity contribution in [3.63, 3.8) is 0 Å². The molecular weight excluding hydrogens is 216 g/mol. The zero-order chi connectivity index (χ0) is 12.4. The second-order valence-corrected chi connectivity index (χ2v) is 3.96. The van der Waals surface area contributed by atoms with Gasteiger partial charge in [-0.1, -0.05) is 12.1 Å². The minimum Gasteiger partial charge on any atom is -0.408 e. The number of nitrogens with zero attached hydrogens (tertiary/aromatic N) is 1. The third-order valence-corrected chi connectivity index (χ3v) is 2.78. The van der Waals surface area contributed by atoms with Crippen LogP contribution in [0.15, 0.2) is 24.3 Å². The van der Waals surface area contributed by atoms with Crippen molar-refractivity contribution < 1.29 is 9.53 Å². The summed E-state index contributed by atoms with van der Waals surface area (Å²) in [5, 5.41) is 3.69. The molecule has 0 bridgehead atoms. The largest absolute Gasteiger partial charge is 0.412 e. The molecule has 0 aliphatic carbocycles. The molecule has 4 heteroatoms. The first kappa shape index (κ1) is 11.5. The predicted molar refractivity (Wildman–Crippen MR) is 67.4 cm³/mol. The SMILES string of the molecule is CCNC(=O)Oc1cccc2cc(C)n(C)c12. The van der Waals surface area contributed by atoms with Gasteiger partial charge in [0.25, 0.3) is 0 Å². The van der Waals surface area contributed by atoms with E-state index in [1.54, 1.807) is 6.07 Å². The lowest BCUT2D eigenvalue weighted by atomic mass is 10.2. The van der Waals surface area contributed by atoms with Crippen LogP contribution >= 0.6 is 0 Å². The van der Waals surface area contributed by atoms with E-state index in [-0.39, 0.29) is 0 Å². The number of fused-ring (bicyclic) bond motifs is 1. The molecule has 1 heterocycles. The Kier molecular flexibility index (Phi) is 3.04. The molecular formula is C13H16N2O2. The van der Waals surface area contributed by atoms with Crippen LogP contribution in [-0.4, -0.2) is 17.2 Å². The molecule has 0 atom stereocenters. The molecule has 0 aliphatic heterocycles. The van der Waals surface area contributed by atoms with Gasteiger partial charge in [-0.05, 0) is 26.0 Å². The van der Waals surface area contributed by atoms with E-state index in [2.05, 4.69) is 11.4 Å². The van der Waals surface area contributed by atoms with E-state index < -0.39 is 6.09 Å². The van der Waals surface area contributed by atoms with Crippen LogP contribution in [-0.2, 0) is 7.05 Å². The highest BCUT2D eigenvalue weighted by atomic mass is 16.6. The highest BCUT2D eigenvalue weighted by molar-refractivity contribution is 5.89. The molecule has 4 nitrogen and oxygen atoms in total. The Bertz CT molecular complexity index is 558. The minimum absolute atomic E-state index is 0.418. The van der Waals surface area contributed by atoms with E-state index in [4.69, 9.17) is 4.74 Å². The van der Waals surface area contributed by atoms with Gasteiger partial charge in [0.2, 0.25) is 0 Å². The number of amides is 1. The van der Waals surface area contributed by atoms with E-state index in [0.29, 0.717) is 12.3 Å². The zero-order valence-corrected chi connectivity index (χ0v) is 10.3. The van der Waals surface area contributed by atoms with Gasteiger partial charge in [-0.25, -0.2) is 4.79 Å². The van der Waals surface area contributed by atoms with E-state index in [1.807, 2.05) is 37.6 Å². The number of ether oxygens (including phenoxy) is 1. The summed E-state index contributed by atoms with van der Waals surface area (Å²) in [5.41, 5.74) is 2.07. The average Bonchev–Trinajstić information content (AvgIpc) is 2.56. The Labute approximate surface area is 100 Å². The van der Waals surface area contributed by atoms with Gasteiger partial charge in [-0.2, -0.15) is 0 Å². The number of benzene rings is 1. The van der Waals surface area contributed by atoms with E-state index in [1.165, 1.54) is 0 Å². The Morgan fingerprint density at radius 3 is 2.94 bits per heavy atom. The van der Waals surface area contributed by atoms with Crippen molar-refractivity contribution in [2.75, 3.05) is 6.54 Å². The summed E-state index contributed by atoms with van der Waals surface area (Å²) in [7, 11) is 1.96. The van der Waals surface area contributed by atoms with Gasteiger partial charge < -0.3 is 14.6 Å². The molecule has 0 saturated heterocycles. The Morgan fingerprint density at radius 1 is 1.47 bits per heavy atom. The van der Waals surface area contributed by atoms with Crippen LogP contribution in [0.5, 0.6) is 5.75 Å². The molecule has 0 aliphatic rings. The van der Waals surface area contributed by atoms with Gasteiger partial charge in [-0.3, -0.25) is 0 Å². The number of nitrogens with one attached hydrogen (secondary N) is 1. The summed E-state index contributed by atoms with van der Waals surface area (Å²) in [6.07, 6.45) is -0.418. The van der Waals surface area contributed by atoms with Crippen molar-refractivity contribution in [1.29, 1.82) is 0 Å². The molecule has 0 fully saturated rings. The summed E-state index contributed by atoms with van der Waals surface area (Å²) < 4.78 is 7.31. The van der Waals surface area contributed by atoms with Crippen molar-refractivity contribution >= 4 is 17.0 Å². The second-order valence-electron chi connectivity index (χ2n) is 3.96. The summed E-state index contributed by atoms with van der Waals surface area (Å²) in [4.78, 5) is 11.4. The molecule has 1 amide bonds. The second kappa shape index (κ2) is 4.49. The zero-order valence-electron chi connectivity index (χ0n) is 10.3. The van der Waals surface area contributed by atoms with Gasteiger partial charge in [0, 0.05) is 24.7 Å². The van der Waals surface area contributed by atoms with Gasteiger partial charge in [0.05, 0.1) is 5.52 Å². The average molecular weight is 232 g/mol. The Morgan fingerprint density at radius 2 is 2.24 bits per heavy atom. The molecule has 0 radical (unpaired) electrons. The lowest BCUT2D eigenvalue weighted by Crippen LogP contribution is -2.26. The number of carbonyl (C=O) groups excluding carboxylic acids is 1. The first-order chi connectivity index (χ1) is 8.13. The van der Waals surface area contributed by atoms with Crippen LogP contribution in [0.2, 0.25) is 0 Å². The number of hydrogen-bond donors (Lipinski definition) is 1. The van der Waals surface area contributed by atoms with Crippen LogP contribution in [0.1, 0.15) is 12.6 Å². The topological polar surface area (TPSA) is 43.3 Å². The van der Waals surface area contributed by atoms with E-state index in [9.17, 15) is 4.79 Å². The Hall–Kier alpha value is -1.97. The maximum absolute atomic E-state index is 11.4. The normalized spacial score (nSPS) is 10.5. The predicted octanol–water partition coefficient (Wildman–Crippen LogP) is 2.60. The van der Waals surface area contributed by atoms with Gasteiger partial charge in [0.15, 0.2) is 5.75 Å². The third-order valence-electron chi connectivity index (χ3n) is 2.78. The summed E-state index contributed by atoms with van der Waals surface area (Å²) in [6.45, 7) is 4.44. The molecule has 0 unspecified atom stereocenters. The monoisotopic (exact) mass is 232 g/mol. The lowest BCUT2D eigenvalue weighted by Gasteiger charge is -2.08. The molecule has 90 valence electrons.